The van der Waals surface area contributed by atoms with Crippen LogP contribution in [0.3, 0.4) is 0 Å². The summed E-state index contributed by atoms with van der Waals surface area (Å²) in [4.78, 5) is 11.4. The van der Waals surface area contributed by atoms with E-state index >= 15 is 0 Å². The molecule has 0 aromatic heterocycles. The second-order valence-electron chi connectivity index (χ2n) is 3.67. The van der Waals surface area contributed by atoms with Gasteiger partial charge in [-0.05, 0) is 25.3 Å². The fourth-order valence-corrected chi connectivity index (χ4v) is 1.86. The van der Waals surface area contributed by atoms with Crippen molar-refractivity contribution in [3.05, 3.63) is 35.4 Å². The summed E-state index contributed by atoms with van der Waals surface area (Å²) < 4.78 is 17.1. The molecule has 0 saturated heterocycles. The first kappa shape index (κ1) is 10.1. The third-order valence-corrected chi connectivity index (χ3v) is 2.63. The molecule has 0 aliphatic carbocycles. The third kappa shape index (κ3) is 2.01. The highest BCUT2D eigenvalue weighted by Crippen LogP contribution is 2.33. The Labute approximate surface area is 88.1 Å². The number of fused-ring (bicyclic) bond motifs is 1. The first-order valence-electron chi connectivity index (χ1n) is 5.19. The zero-order valence-electron chi connectivity index (χ0n) is 8.41. The van der Waals surface area contributed by atoms with Crippen molar-refractivity contribution in [2.24, 2.45) is 0 Å². The topological polar surface area (TPSA) is 26.3 Å². The van der Waals surface area contributed by atoms with Crippen molar-refractivity contribution in [2.75, 3.05) is 6.67 Å². The standard InChI is InChI=1S/C12H13FO2/c13-8-4-3-7-11-9-5-1-2-6-10(9)12(14)15-11/h1-2,5-6,11H,3-4,7-8H2. The number of rotatable bonds is 4. The van der Waals surface area contributed by atoms with Gasteiger partial charge in [0.15, 0.2) is 0 Å². The fraction of sp³-hybridized carbons (Fsp3) is 0.417. The summed E-state index contributed by atoms with van der Waals surface area (Å²) in [6.07, 6.45) is 1.84. The fourth-order valence-electron chi connectivity index (χ4n) is 1.86. The molecule has 0 saturated carbocycles. The lowest BCUT2D eigenvalue weighted by Gasteiger charge is -2.09. The Morgan fingerprint density at radius 1 is 1.27 bits per heavy atom. The van der Waals surface area contributed by atoms with E-state index in [0.717, 1.165) is 12.0 Å². The lowest BCUT2D eigenvalue weighted by molar-refractivity contribution is 0.0363. The van der Waals surface area contributed by atoms with E-state index in [4.69, 9.17) is 4.74 Å². The van der Waals surface area contributed by atoms with E-state index in [9.17, 15) is 9.18 Å². The number of unbranched alkanes of at least 4 members (excludes halogenated alkanes) is 1. The van der Waals surface area contributed by atoms with E-state index in [2.05, 4.69) is 0 Å². The molecule has 0 spiro atoms. The van der Waals surface area contributed by atoms with Crippen LogP contribution in [0.15, 0.2) is 24.3 Å². The van der Waals surface area contributed by atoms with E-state index in [1.165, 1.54) is 0 Å². The summed E-state index contributed by atoms with van der Waals surface area (Å²) in [6.45, 7) is -0.303. The van der Waals surface area contributed by atoms with Gasteiger partial charge in [-0.1, -0.05) is 18.2 Å². The van der Waals surface area contributed by atoms with Crippen molar-refractivity contribution < 1.29 is 13.9 Å². The summed E-state index contributed by atoms with van der Waals surface area (Å²) in [5.41, 5.74) is 1.60. The lowest BCUT2D eigenvalue weighted by atomic mass is 10.0. The molecule has 1 aromatic carbocycles. The number of esters is 1. The highest BCUT2D eigenvalue weighted by Gasteiger charge is 2.29. The molecule has 1 aliphatic heterocycles. The molecule has 1 heterocycles. The van der Waals surface area contributed by atoms with E-state index in [0.29, 0.717) is 18.4 Å². The number of cyclic esters (lactones) is 1. The molecule has 3 heteroatoms. The summed E-state index contributed by atoms with van der Waals surface area (Å²) >= 11 is 0. The maximum Gasteiger partial charge on any atom is 0.339 e. The third-order valence-electron chi connectivity index (χ3n) is 2.63. The minimum absolute atomic E-state index is 0.166. The predicted octanol–water partition coefficient (Wildman–Crippen LogP) is 3.04. The van der Waals surface area contributed by atoms with Crippen LogP contribution < -0.4 is 0 Å². The molecule has 2 rings (SSSR count). The summed E-state index contributed by atoms with van der Waals surface area (Å²) in [5, 5.41) is 0. The monoisotopic (exact) mass is 208 g/mol. The quantitative estimate of drug-likeness (QED) is 0.561. The highest BCUT2D eigenvalue weighted by molar-refractivity contribution is 5.93. The van der Waals surface area contributed by atoms with Crippen molar-refractivity contribution >= 4 is 5.97 Å². The van der Waals surface area contributed by atoms with Crippen LogP contribution in [-0.4, -0.2) is 12.6 Å². The van der Waals surface area contributed by atoms with Crippen molar-refractivity contribution in [1.29, 1.82) is 0 Å². The van der Waals surface area contributed by atoms with Crippen LogP contribution in [-0.2, 0) is 4.74 Å². The zero-order chi connectivity index (χ0) is 10.7. The Morgan fingerprint density at radius 2 is 2.07 bits per heavy atom. The molecule has 1 aromatic rings. The first-order chi connectivity index (χ1) is 7.33. The van der Waals surface area contributed by atoms with Gasteiger partial charge in [0.2, 0.25) is 0 Å². The number of ether oxygens (including phenoxy) is 1. The zero-order valence-corrected chi connectivity index (χ0v) is 8.41. The van der Waals surface area contributed by atoms with Crippen LogP contribution in [0.2, 0.25) is 0 Å². The van der Waals surface area contributed by atoms with Gasteiger partial charge in [0.25, 0.3) is 0 Å². The number of carbonyl (C=O) groups excluding carboxylic acids is 1. The Balaban J connectivity index is 2.08. The minimum Gasteiger partial charge on any atom is -0.454 e. The maximum absolute atomic E-state index is 11.9. The van der Waals surface area contributed by atoms with Gasteiger partial charge in [0.1, 0.15) is 6.10 Å². The molecular weight excluding hydrogens is 195 g/mol. The van der Waals surface area contributed by atoms with E-state index < -0.39 is 0 Å². The summed E-state index contributed by atoms with van der Waals surface area (Å²) in [5.74, 6) is -0.254. The van der Waals surface area contributed by atoms with E-state index in [1.807, 2.05) is 18.2 Å². The molecule has 1 aliphatic rings. The van der Waals surface area contributed by atoms with Crippen LogP contribution in [0.5, 0.6) is 0 Å². The number of hydrogen-bond acceptors (Lipinski definition) is 2. The Kier molecular flexibility index (Phi) is 2.99. The average molecular weight is 208 g/mol. The van der Waals surface area contributed by atoms with Crippen LogP contribution in [0.1, 0.15) is 41.3 Å². The van der Waals surface area contributed by atoms with Crippen molar-refractivity contribution in [3.8, 4) is 0 Å². The average Bonchev–Trinajstić information content (AvgIpc) is 2.58. The van der Waals surface area contributed by atoms with Gasteiger partial charge in [0.05, 0.1) is 12.2 Å². The predicted molar refractivity (Wildman–Crippen MR) is 54.4 cm³/mol. The normalized spacial score (nSPS) is 18.7. The SMILES string of the molecule is O=C1OC(CCCCF)c2ccccc21. The number of benzene rings is 1. The molecule has 15 heavy (non-hydrogen) atoms. The van der Waals surface area contributed by atoms with Gasteiger partial charge in [0, 0.05) is 5.56 Å². The van der Waals surface area contributed by atoms with Crippen LogP contribution in [0.4, 0.5) is 4.39 Å². The molecule has 0 fully saturated rings. The second kappa shape index (κ2) is 4.43. The minimum atomic E-state index is -0.303. The molecule has 0 radical (unpaired) electrons. The molecule has 1 atom stereocenters. The molecule has 0 amide bonds. The van der Waals surface area contributed by atoms with Crippen LogP contribution >= 0.6 is 0 Å². The van der Waals surface area contributed by atoms with E-state index in [1.54, 1.807) is 6.07 Å². The Hall–Kier alpha value is -1.38. The molecular formula is C12H13FO2. The first-order valence-corrected chi connectivity index (χ1v) is 5.19. The number of alkyl halides is 1. The highest BCUT2D eigenvalue weighted by atomic mass is 19.1. The van der Waals surface area contributed by atoms with Crippen LogP contribution in [0.25, 0.3) is 0 Å². The largest absolute Gasteiger partial charge is 0.454 e. The smallest absolute Gasteiger partial charge is 0.339 e. The Morgan fingerprint density at radius 3 is 2.87 bits per heavy atom. The number of halogens is 1. The van der Waals surface area contributed by atoms with Gasteiger partial charge in [-0.25, -0.2) is 4.79 Å². The summed E-state index contributed by atoms with van der Waals surface area (Å²) in [6, 6.07) is 7.39. The molecule has 0 N–H and O–H groups in total. The number of carbonyl (C=O) groups is 1. The molecule has 80 valence electrons. The molecule has 2 nitrogen and oxygen atoms in total. The number of hydrogen-bond donors (Lipinski definition) is 0. The van der Waals surface area contributed by atoms with Gasteiger partial charge >= 0.3 is 5.97 Å². The van der Waals surface area contributed by atoms with Crippen LogP contribution in [0, 0.1) is 0 Å². The lowest BCUT2D eigenvalue weighted by Crippen LogP contribution is -1.98. The molecule has 1 unspecified atom stereocenters. The van der Waals surface area contributed by atoms with Gasteiger partial charge in [-0.2, -0.15) is 0 Å². The maximum atomic E-state index is 11.9. The summed E-state index contributed by atoms with van der Waals surface area (Å²) in [7, 11) is 0. The van der Waals surface area contributed by atoms with Crippen molar-refractivity contribution in [3.63, 3.8) is 0 Å². The van der Waals surface area contributed by atoms with Gasteiger partial charge in [-0.15, -0.1) is 0 Å². The second-order valence-corrected chi connectivity index (χ2v) is 3.67. The van der Waals surface area contributed by atoms with Crippen molar-refractivity contribution in [2.45, 2.75) is 25.4 Å². The Bertz CT molecular complexity index is 362. The van der Waals surface area contributed by atoms with Crippen molar-refractivity contribution in [1.82, 2.24) is 0 Å². The van der Waals surface area contributed by atoms with Gasteiger partial charge in [-0.3, -0.25) is 4.39 Å². The van der Waals surface area contributed by atoms with E-state index in [-0.39, 0.29) is 18.7 Å². The van der Waals surface area contributed by atoms with Gasteiger partial charge < -0.3 is 4.74 Å². The molecule has 0 bridgehead atoms.